The van der Waals surface area contributed by atoms with Gasteiger partial charge in [0.2, 0.25) is 0 Å². The average molecular weight is 257 g/mol. The molecule has 0 fully saturated rings. The molecule has 0 aliphatic heterocycles. The van der Waals surface area contributed by atoms with Crippen molar-refractivity contribution in [2.24, 2.45) is 0 Å². The average Bonchev–Trinajstić information content (AvgIpc) is 2.19. The van der Waals surface area contributed by atoms with E-state index in [2.05, 4.69) is 18.2 Å². The van der Waals surface area contributed by atoms with Crippen LogP contribution in [0.1, 0.15) is 25.7 Å². The van der Waals surface area contributed by atoms with Crippen LogP contribution < -0.4 is 0 Å². The Morgan fingerprint density at radius 2 is 2.15 bits per heavy atom. The Morgan fingerprint density at radius 1 is 1.46 bits per heavy atom. The van der Waals surface area contributed by atoms with E-state index in [-0.39, 0.29) is 32.7 Å². The summed E-state index contributed by atoms with van der Waals surface area (Å²) in [5.41, 5.74) is 1.32. The number of carbonyl (C=O) groups excluding carboxylic acids is 1. The summed E-state index contributed by atoms with van der Waals surface area (Å²) in [6.07, 6.45) is 11.4. The summed E-state index contributed by atoms with van der Waals surface area (Å²) in [5, 5.41) is 7.00. The van der Waals surface area contributed by atoms with Gasteiger partial charge in [-0.1, -0.05) is 23.8 Å². The van der Waals surface area contributed by atoms with Crippen LogP contribution in [0.5, 0.6) is 0 Å². The van der Waals surface area contributed by atoms with Gasteiger partial charge in [-0.15, -0.1) is 0 Å². The SMILES string of the molecule is CO.O=CCCC1=CCCC=C1.[Y]. The first-order chi connectivity index (χ1) is 5.93. The molecule has 0 bridgehead atoms. The van der Waals surface area contributed by atoms with Gasteiger partial charge >= 0.3 is 0 Å². The molecule has 1 radical (unpaired) electrons. The predicted molar refractivity (Wildman–Crippen MR) is 49.9 cm³/mol. The maximum Gasteiger partial charge on any atom is 0.120 e. The van der Waals surface area contributed by atoms with Crippen molar-refractivity contribution < 1.29 is 42.6 Å². The minimum atomic E-state index is 0. The molecule has 1 N–H and O–H groups in total. The van der Waals surface area contributed by atoms with E-state index in [9.17, 15) is 4.79 Å². The molecule has 0 aromatic rings. The number of rotatable bonds is 3. The van der Waals surface area contributed by atoms with Crippen molar-refractivity contribution in [1.82, 2.24) is 0 Å². The number of aldehydes is 1. The molecule has 0 amide bonds. The summed E-state index contributed by atoms with van der Waals surface area (Å²) in [4.78, 5) is 10.00. The topological polar surface area (TPSA) is 37.3 Å². The zero-order valence-corrected chi connectivity index (χ0v) is 10.9. The molecule has 71 valence electrons. The maximum absolute atomic E-state index is 10.00. The largest absolute Gasteiger partial charge is 0.400 e. The molecule has 1 aliphatic rings. The van der Waals surface area contributed by atoms with Crippen LogP contribution in [0.15, 0.2) is 23.8 Å². The molecule has 0 atom stereocenters. The number of aliphatic hydroxyl groups excluding tert-OH is 1. The van der Waals surface area contributed by atoms with Crippen molar-refractivity contribution in [3.05, 3.63) is 23.8 Å². The summed E-state index contributed by atoms with van der Waals surface area (Å²) < 4.78 is 0. The molecule has 0 spiro atoms. The molecule has 0 saturated heterocycles. The van der Waals surface area contributed by atoms with Gasteiger partial charge in [-0.3, -0.25) is 0 Å². The number of hydrogen-bond acceptors (Lipinski definition) is 2. The molecule has 0 aromatic heterocycles. The number of aliphatic hydroxyl groups is 1. The van der Waals surface area contributed by atoms with Crippen molar-refractivity contribution >= 4 is 6.29 Å². The Bertz CT molecular complexity index is 174. The van der Waals surface area contributed by atoms with Crippen molar-refractivity contribution in [2.75, 3.05) is 7.11 Å². The summed E-state index contributed by atoms with van der Waals surface area (Å²) in [5.74, 6) is 0. The van der Waals surface area contributed by atoms with Gasteiger partial charge < -0.3 is 9.90 Å². The summed E-state index contributed by atoms with van der Waals surface area (Å²) >= 11 is 0. The Morgan fingerprint density at radius 3 is 2.62 bits per heavy atom. The molecule has 0 heterocycles. The van der Waals surface area contributed by atoms with E-state index in [0.717, 1.165) is 32.7 Å². The van der Waals surface area contributed by atoms with E-state index in [1.807, 2.05) is 0 Å². The van der Waals surface area contributed by atoms with Crippen LogP contribution in [0.2, 0.25) is 0 Å². The van der Waals surface area contributed by atoms with Crippen LogP contribution in [0.4, 0.5) is 0 Å². The molecule has 0 aromatic carbocycles. The van der Waals surface area contributed by atoms with Gasteiger partial charge in [-0.2, -0.15) is 0 Å². The molecule has 1 aliphatic carbocycles. The van der Waals surface area contributed by atoms with Gasteiger partial charge in [0, 0.05) is 46.2 Å². The second-order valence-electron chi connectivity index (χ2n) is 2.46. The minimum absolute atomic E-state index is 0. The number of hydrogen-bond donors (Lipinski definition) is 1. The van der Waals surface area contributed by atoms with Crippen LogP contribution in [-0.2, 0) is 37.5 Å². The Hall–Kier alpha value is 0.214. The van der Waals surface area contributed by atoms with Gasteiger partial charge in [-0.05, 0) is 19.3 Å². The van der Waals surface area contributed by atoms with Gasteiger partial charge in [0.1, 0.15) is 6.29 Å². The van der Waals surface area contributed by atoms with Crippen LogP contribution in [0.3, 0.4) is 0 Å². The maximum atomic E-state index is 10.00. The fourth-order valence-corrected chi connectivity index (χ4v) is 1.08. The fraction of sp³-hybridized carbons (Fsp3) is 0.500. The number of allylic oxidation sites excluding steroid dienone is 4. The molecule has 3 heteroatoms. The van der Waals surface area contributed by atoms with Crippen molar-refractivity contribution in [1.29, 1.82) is 0 Å². The zero-order valence-electron chi connectivity index (χ0n) is 8.07. The van der Waals surface area contributed by atoms with Crippen molar-refractivity contribution in [3.8, 4) is 0 Å². The third-order valence-electron chi connectivity index (χ3n) is 1.62. The Kier molecular flexibility index (Phi) is 14.7. The smallest absolute Gasteiger partial charge is 0.120 e. The predicted octanol–water partition coefficient (Wildman–Crippen LogP) is 1.85. The van der Waals surface area contributed by atoms with E-state index in [0.29, 0.717) is 6.42 Å². The second kappa shape index (κ2) is 12.2. The third kappa shape index (κ3) is 8.54. The minimum Gasteiger partial charge on any atom is -0.400 e. The summed E-state index contributed by atoms with van der Waals surface area (Å²) in [6, 6.07) is 0. The third-order valence-corrected chi connectivity index (χ3v) is 1.62. The Labute approximate surface area is 105 Å². The normalized spacial score (nSPS) is 13.2. The molecule has 0 unspecified atom stereocenters. The van der Waals surface area contributed by atoms with Crippen LogP contribution >= 0.6 is 0 Å². The van der Waals surface area contributed by atoms with Crippen molar-refractivity contribution in [2.45, 2.75) is 25.7 Å². The molecule has 13 heavy (non-hydrogen) atoms. The van der Waals surface area contributed by atoms with E-state index in [4.69, 9.17) is 5.11 Å². The van der Waals surface area contributed by atoms with Crippen molar-refractivity contribution in [3.63, 3.8) is 0 Å². The molecule has 2 nitrogen and oxygen atoms in total. The standard InChI is InChI=1S/C9H12O.CH4O.Y/c10-8-4-7-9-5-2-1-3-6-9;1-2;/h2,5-6,8H,1,3-4,7H2;2H,1H3;. The Balaban J connectivity index is 0. The molecule has 0 saturated carbocycles. The molecular weight excluding hydrogens is 241 g/mol. The zero-order chi connectivity index (χ0) is 9.23. The van der Waals surface area contributed by atoms with E-state index in [1.54, 1.807) is 0 Å². The summed E-state index contributed by atoms with van der Waals surface area (Å²) in [7, 11) is 1.00. The van der Waals surface area contributed by atoms with Crippen LogP contribution in [0, 0.1) is 0 Å². The fourth-order valence-electron chi connectivity index (χ4n) is 1.08. The van der Waals surface area contributed by atoms with E-state index < -0.39 is 0 Å². The van der Waals surface area contributed by atoms with Gasteiger partial charge in [0.15, 0.2) is 0 Å². The first-order valence-electron chi connectivity index (χ1n) is 4.17. The van der Waals surface area contributed by atoms with Gasteiger partial charge in [0.05, 0.1) is 0 Å². The van der Waals surface area contributed by atoms with Gasteiger partial charge in [0.25, 0.3) is 0 Å². The number of carbonyl (C=O) groups is 1. The first kappa shape index (κ1) is 15.7. The monoisotopic (exact) mass is 257 g/mol. The quantitative estimate of drug-likeness (QED) is 0.783. The summed E-state index contributed by atoms with van der Waals surface area (Å²) in [6.45, 7) is 0. The van der Waals surface area contributed by atoms with Crippen LogP contribution in [0.25, 0.3) is 0 Å². The first-order valence-corrected chi connectivity index (χ1v) is 4.17. The van der Waals surface area contributed by atoms with Crippen LogP contribution in [-0.4, -0.2) is 18.5 Å². The molecule has 1 rings (SSSR count). The van der Waals surface area contributed by atoms with Gasteiger partial charge in [-0.25, -0.2) is 0 Å². The van der Waals surface area contributed by atoms with E-state index >= 15 is 0 Å². The van der Waals surface area contributed by atoms with E-state index in [1.165, 1.54) is 5.57 Å². The second-order valence-corrected chi connectivity index (χ2v) is 2.46. The molecular formula is C10H16O2Y.